The first-order valence-electron chi connectivity index (χ1n) is 11.3. The smallest absolute Gasteiger partial charge is 0.246 e. The number of aromatic nitrogens is 5. The lowest BCUT2D eigenvalue weighted by Crippen LogP contribution is -2.34. The molecule has 1 saturated heterocycles. The number of nitriles is 1. The van der Waals surface area contributed by atoms with E-state index in [0.717, 1.165) is 27.9 Å². The molecule has 4 aromatic rings. The Morgan fingerprint density at radius 2 is 2.14 bits per heavy atom. The van der Waals surface area contributed by atoms with Crippen molar-refractivity contribution in [2.75, 3.05) is 12.3 Å². The van der Waals surface area contributed by atoms with E-state index in [9.17, 15) is 10.1 Å². The van der Waals surface area contributed by atoms with Crippen molar-refractivity contribution in [3.8, 4) is 17.9 Å². The number of nitrogens with two attached hydrogens (primary N) is 1. The molecule has 3 aromatic heterocycles. The van der Waals surface area contributed by atoms with Gasteiger partial charge in [-0.1, -0.05) is 12.5 Å². The van der Waals surface area contributed by atoms with Crippen LogP contribution in [0.5, 0.6) is 0 Å². The number of hydrogen-bond acceptors (Lipinski definition) is 6. The Bertz CT molecular complexity index is 1590. The summed E-state index contributed by atoms with van der Waals surface area (Å²) in [6.07, 6.45) is 3.78. The summed E-state index contributed by atoms with van der Waals surface area (Å²) < 4.78 is 3.90. The van der Waals surface area contributed by atoms with Gasteiger partial charge in [0, 0.05) is 31.4 Å². The number of benzene rings is 1. The molecule has 9 nitrogen and oxygen atoms in total. The SMILES string of the molecule is C=CC(=O)N1C[C@@H](n2nc(C#Cc3ccc4c(c3)nc(C)n4C)c3c(N)nccc32)C[C@@H]1CC#N. The summed E-state index contributed by atoms with van der Waals surface area (Å²) in [6, 6.07) is 9.63. The van der Waals surface area contributed by atoms with Crippen LogP contribution in [0, 0.1) is 30.1 Å². The molecule has 1 amide bonds. The Morgan fingerprint density at radius 1 is 1.31 bits per heavy atom. The highest BCUT2D eigenvalue weighted by molar-refractivity contribution is 5.93. The number of likely N-dealkylation sites (tertiary alicyclic amines) is 1. The summed E-state index contributed by atoms with van der Waals surface area (Å²) in [4.78, 5) is 22.9. The van der Waals surface area contributed by atoms with E-state index in [-0.39, 0.29) is 24.4 Å². The third-order valence-electron chi connectivity index (χ3n) is 6.60. The molecule has 0 aliphatic carbocycles. The van der Waals surface area contributed by atoms with Crippen molar-refractivity contribution in [2.24, 2.45) is 7.05 Å². The molecule has 174 valence electrons. The number of imidazole rings is 1. The maximum Gasteiger partial charge on any atom is 0.246 e. The molecule has 1 aliphatic heterocycles. The summed E-state index contributed by atoms with van der Waals surface area (Å²) in [6.45, 7) is 5.99. The second kappa shape index (κ2) is 8.62. The monoisotopic (exact) mass is 464 g/mol. The lowest BCUT2D eigenvalue weighted by atomic mass is 10.1. The van der Waals surface area contributed by atoms with Crippen LogP contribution in [0.25, 0.3) is 21.9 Å². The zero-order valence-corrected chi connectivity index (χ0v) is 19.6. The number of nitrogens with zero attached hydrogens (tertiary/aromatic N) is 7. The molecule has 1 aliphatic rings. The first-order chi connectivity index (χ1) is 16.9. The van der Waals surface area contributed by atoms with E-state index in [1.54, 1.807) is 11.1 Å². The maximum atomic E-state index is 12.4. The molecular weight excluding hydrogens is 440 g/mol. The Labute approximate surface area is 202 Å². The van der Waals surface area contributed by atoms with Crippen molar-refractivity contribution in [2.45, 2.75) is 31.8 Å². The molecule has 2 atom stereocenters. The van der Waals surface area contributed by atoms with Gasteiger partial charge in [-0.25, -0.2) is 9.97 Å². The number of carbonyl (C=O) groups is 1. The van der Waals surface area contributed by atoms with Crippen LogP contribution in [-0.2, 0) is 11.8 Å². The zero-order chi connectivity index (χ0) is 24.7. The summed E-state index contributed by atoms with van der Waals surface area (Å²) in [5, 5.41) is 14.7. The molecular formula is C26H24N8O. The number of pyridine rings is 1. The number of nitrogen functional groups attached to an aromatic ring is 1. The van der Waals surface area contributed by atoms with Gasteiger partial charge in [0.05, 0.1) is 40.5 Å². The van der Waals surface area contributed by atoms with E-state index in [1.165, 1.54) is 6.08 Å². The van der Waals surface area contributed by atoms with E-state index in [0.29, 0.717) is 29.9 Å². The molecule has 4 heterocycles. The largest absolute Gasteiger partial charge is 0.383 e. The van der Waals surface area contributed by atoms with Crippen LogP contribution in [0.2, 0.25) is 0 Å². The predicted molar refractivity (Wildman–Crippen MR) is 133 cm³/mol. The third kappa shape index (κ3) is 3.77. The van der Waals surface area contributed by atoms with Crippen LogP contribution in [0.4, 0.5) is 5.82 Å². The first-order valence-corrected chi connectivity index (χ1v) is 11.3. The van der Waals surface area contributed by atoms with Crippen molar-refractivity contribution >= 4 is 33.7 Å². The molecule has 1 aromatic carbocycles. The highest BCUT2D eigenvalue weighted by atomic mass is 16.2. The van der Waals surface area contributed by atoms with E-state index in [2.05, 4.69) is 34.5 Å². The van der Waals surface area contributed by atoms with Gasteiger partial charge in [0.1, 0.15) is 17.3 Å². The predicted octanol–water partition coefficient (Wildman–Crippen LogP) is 2.85. The van der Waals surface area contributed by atoms with Crippen molar-refractivity contribution in [1.82, 2.24) is 29.2 Å². The second-order valence-corrected chi connectivity index (χ2v) is 8.66. The van der Waals surface area contributed by atoms with Crippen LogP contribution in [0.1, 0.15) is 36.0 Å². The fourth-order valence-electron chi connectivity index (χ4n) is 4.76. The fourth-order valence-corrected chi connectivity index (χ4v) is 4.76. The van der Waals surface area contributed by atoms with Gasteiger partial charge in [-0.05, 0) is 49.6 Å². The number of amides is 1. The van der Waals surface area contributed by atoms with Crippen LogP contribution < -0.4 is 5.73 Å². The number of carbonyl (C=O) groups excluding carboxylic acids is 1. The molecule has 5 rings (SSSR count). The summed E-state index contributed by atoms with van der Waals surface area (Å²) >= 11 is 0. The van der Waals surface area contributed by atoms with Crippen LogP contribution in [-0.4, -0.2) is 47.7 Å². The first kappa shape index (κ1) is 22.2. The highest BCUT2D eigenvalue weighted by Gasteiger charge is 2.36. The molecule has 2 N–H and O–H groups in total. The Hall–Kier alpha value is -4.63. The van der Waals surface area contributed by atoms with Gasteiger partial charge >= 0.3 is 0 Å². The highest BCUT2D eigenvalue weighted by Crippen LogP contribution is 2.33. The van der Waals surface area contributed by atoms with Crippen LogP contribution >= 0.6 is 0 Å². The standard InChI is InChI=1S/C26H24N8O/c1-4-24(35)33-15-19(14-18(33)9-11-27)34-23-10-12-29-26(28)25(23)20(31-34)7-5-17-6-8-22-21(13-17)30-16(2)32(22)3/h4,6,8,10,12-13,18-19H,1,9,14-15H2,2-3H3,(H2,28,29)/t18-,19-/m0/s1. The van der Waals surface area contributed by atoms with Crippen molar-refractivity contribution in [3.63, 3.8) is 0 Å². The van der Waals surface area contributed by atoms with Gasteiger partial charge in [0.15, 0.2) is 0 Å². The minimum Gasteiger partial charge on any atom is -0.383 e. The second-order valence-electron chi connectivity index (χ2n) is 8.66. The van der Waals surface area contributed by atoms with Gasteiger partial charge in [-0.2, -0.15) is 10.4 Å². The average Bonchev–Trinajstić information content (AvgIpc) is 3.52. The number of aryl methyl sites for hydroxylation is 2. The van der Waals surface area contributed by atoms with Crippen LogP contribution in [0.15, 0.2) is 43.1 Å². The average molecular weight is 465 g/mol. The quantitative estimate of drug-likeness (QED) is 0.368. The summed E-state index contributed by atoms with van der Waals surface area (Å²) in [5.41, 5.74) is 10.3. The molecule has 1 fully saturated rings. The Balaban J connectivity index is 1.55. The Kier molecular flexibility index (Phi) is 5.46. The molecule has 0 radical (unpaired) electrons. The lowest BCUT2D eigenvalue weighted by molar-refractivity contribution is -0.126. The van der Waals surface area contributed by atoms with E-state index >= 15 is 0 Å². The summed E-state index contributed by atoms with van der Waals surface area (Å²) in [7, 11) is 1.98. The fraction of sp³-hybridized carbons (Fsp3) is 0.269. The molecule has 0 bridgehead atoms. The number of fused-ring (bicyclic) bond motifs is 2. The van der Waals surface area contributed by atoms with Crippen molar-refractivity contribution < 1.29 is 4.79 Å². The molecule has 0 saturated carbocycles. The number of anilines is 1. The van der Waals surface area contributed by atoms with Gasteiger partial charge < -0.3 is 15.2 Å². The van der Waals surface area contributed by atoms with Crippen LogP contribution in [0.3, 0.4) is 0 Å². The normalized spacial score (nSPS) is 17.3. The number of rotatable bonds is 3. The van der Waals surface area contributed by atoms with Gasteiger partial charge in [0.25, 0.3) is 0 Å². The molecule has 0 unspecified atom stereocenters. The van der Waals surface area contributed by atoms with Crippen molar-refractivity contribution in [3.05, 3.63) is 60.2 Å². The van der Waals surface area contributed by atoms with Gasteiger partial charge in [-0.3, -0.25) is 9.48 Å². The number of hydrogen-bond donors (Lipinski definition) is 1. The van der Waals surface area contributed by atoms with E-state index < -0.39 is 0 Å². The Morgan fingerprint density at radius 3 is 2.91 bits per heavy atom. The molecule has 35 heavy (non-hydrogen) atoms. The van der Waals surface area contributed by atoms with Gasteiger partial charge in [-0.15, -0.1) is 0 Å². The van der Waals surface area contributed by atoms with E-state index in [1.807, 2.05) is 47.5 Å². The topological polar surface area (TPSA) is 119 Å². The van der Waals surface area contributed by atoms with E-state index in [4.69, 9.17) is 10.8 Å². The van der Waals surface area contributed by atoms with Gasteiger partial charge in [0.2, 0.25) is 5.91 Å². The minimum atomic E-state index is -0.197. The molecule has 0 spiro atoms. The minimum absolute atomic E-state index is 0.120. The van der Waals surface area contributed by atoms with Crippen molar-refractivity contribution in [1.29, 1.82) is 5.26 Å². The maximum absolute atomic E-state index is 12.4. The molecule has 9 heteroatoms. The third-order valence-corrected chi connectivity index (χ3v) is 6.60. The zero-order valence-electron chi connectivity index (χ0n) is 19.6. The summed E-state index contributed by atoms with van der Waals surface area (Å²) in [5.74, 6) is 7.45. The lowest BCUT2D eigenvalue weighted by Gasteiger charge is -2.20.